The maximum Gasteiger partial charge on any atom is 0.0560 e. The number of nitrogens with zero attached hydrogens (tertiary/aromatic N) is 1. The maximum absolute atomic E-state index is 3.71. The van der Waals surface area contributed by atoms with Gasteiger partial charge in [0.05, 0.1) is 11.4 Å². The van der Waals surface area contributed by atoms with E-state index in [9.17, 15) is 0 Å². The summed E-state index contributed by atoms with van der Waals surface area (Å²) in [6.07, 6.45) is 3.72. The van der Waals surface area contributed by atoms with E-state index in [-0.39, 0.29) is 71.9 Å². The SMILES string of the molecule is CCc1cc(N2CCCC2)cc2c1Nc1c(C)cccc1S2.I.I.I. The third kappa shape index (κ3) is 4.71. The highest BCUT2D eigenvalue weighted by atomic mass is 127. The van der Waals surface area contributed by atoms with Crippen LogP contribution in [0.2, 0.25) is 0 Å². The Balaban J connectivity index is 0.00000104. The van der Waals surface area contributed by atoms with Crippen molar-refractivity contribution in [3.63, 3.8) is 0 Å². The molecule has 2 nitrogen and oxygen atoms in total. The predicted octanol–water partition coefficient (Wildman–Crippen LogP) is 7.22. The molecule has 0 aliphatic carbocycles. The molecule has 1 fully saturated rings. The topological polar surface area (TPSA) is 15.3 Å². The molecule has 1 saturated heterocycles. The fraction of sp³-hybridized carbons (Fsp3) is 0.368. The lowest BCUT2D eigenvalue weighted by molar-refractivity contribution is 0.949. The zero-order valence-electron chi connectivity index (χ0n) is 14.5. The Labute approximate surface area is 206 Å². The fourth-order valence-electron chi connectivity index (χ4n) is 3.45. The van der Waals surface area contributed by atoms with Crippen molar-refractivity contribution in [1.29, 1.82) is 0 Å². The fourth-order valence-corrected chi connectivity index (χ4v) is 4.61. The van der Waals surface area contributed by atoms with Crippen LogP contribution in [0.1, 0.15) is 30.9 Å². The van der Waals surface area contributed by atoms with Crippen molar-refractivity contribution < 1.29 is 0 Å². The van der Waals surface area contributed by atoms with E-state index in [1.807, 2.05) is 11.8 Å². The zero-order chi connectivity index (χ0) is 15.1. The van der Waals surface area contributed by atoms with Gasteiger partial charge in [0, 0.05) is 28.6 Å². The highest BCUT2D eigenvalue weighted by molar-refractivity contribution is 14.0. The first-order chi connectivity index (χ1) is 10.8. The minimum Gasteiger partial charge on any atom is -0.371 e. The normalized spacial score (nSPS) is 14.2. The van der Waals surface area contributed by atoms with Crippen LogP contribution in [-0.4, -0.2) is 13.1 Å². The molecule has 0 amide bonds. The molecular formula is C19H25I3N2S. The molecule has 0 unspecified atom stereocenters. The molecule has 0 spiro atoms. The second-order valence-electron chi connectivity index (χ2n) is 6.20. The number of nitrogens with one attached hydrogen (secondary N) is 1. The molecule has 2 heterocycles. The van der Waals surface area contributed by atoms with Gasteiger partial charge in [-0.25, -0.2) is 0 Å². The second kappa shape index (κ2) is 10.2. The Morgan fingerprint density at radius 2 is 1.72 bits per heavy atom. The quantitative estimate of drug-likeness (QED) is 0.286. The van der Waals surface area contributed by atoms with Crippen LogP contribution in [-0.2, 0) is 6.42 Å². The Morgan fingerprint density at radius 1 is 1.00 bits per heavy atom. The average molecular weight is 694 g/mol. The van der Waals surface area contributed by atoms with Crippen LogP contribution in [0, 0.1) is 6.92 Å². The molecule has 138 valence electrons. The number of fused-ring (bicyclic) bond motifs is 2. The summed E-state index contributed by atoms with van der Waals surface area (Å²) in [6.45, 7) is 6.84. The molecule has 2 aliphatic rings. The first kappa shape index (κ1) is 23.6. The van der Waals surface area contributed by atoms with E-state index in [2.05, 4.69) is 54.4 Å². The van der Waals surface area contributed by atoms with E-state index in [0.717, 1.165) is 6.42 Å². The Kier molecular flexibility index (Phi) is 9.65. The van der Waals surface area contributed by atoms with Gasteiger partial charge in [0.2, 0.25) is 0 Å². The van der Waals surface area contributed by atoms with Crippen molar-refractivity contribution in [3.8, 4) is 0 Å². The van der Waals surface area contributed by atoms with E-state index in [4.69, 9.17) is 0 Å². The van der Waals surface area contributed by atoms with Gasteiger partial charge in [0.15, 0.2) is 0 Å². The molecule has 1 N–H and O–H groups in total. The van der Waals surface area contributed by atoms with Gasteiger partial charge in [0.1, 0.15) is 0 Å². The van der Waals surface area contributed by atoms with E-state index in [1.54, 1.807) is 0 Å². The zero-order valence-corrected chi connectivity index (χ0v) is 22.3. The van der Waals surface area contributed by atoms with Gasteiger partial charge in [-0.15, -0.1) is 71.9 Å². The molecule has 0 atom stereocenters. The number of rotatable bonds is 2. The number of aryl methyl sites for hydroxylation is 2. The molecule has 0 radical (unpaired) electrons. The highest BCUT2D eigenvalue weighted by Crippen LogP contribution is 2.48. The maximum atomic E-state index is 3.71. The number of hydrogen-bond donors (Lipinski definition) is 1. The van der Waals surface area contributed by atoms with Crippen molar-refractivity contribution in [2.45, 2.75) is 42.9 Å². The highest BCUT2D eigenvalue weighted by Gasteiger charge is 2.22. The van der Waals surface area contributed by atoms with E-state index < -0.39 is 0 Å². The largest absolute Gasteiger partial charge is 0.371 e. The van der Waals surface area contributed by atoms with Crippen molar-refractivity contribution in [2.24, 2.45) is 0 Å². The summed E-state index contributed by atoms with van der Waals surface area (Å²) in [4.78, 5) is 5.25. The predicted molar refractivity (Wildman–Crippen MR) is 142 cm³/mol. The third-order valence-corrected chi connectivity index (χ3v) is 5.83. The summed E-state index contributed by atoms with van der Waals surface area (Å²) in [7, 11) is 0. The van der Waals surface area contributed by atoms with Crippen LogP contribution in [0.25, 0.3) is 0 Å². The third-order valence-electron chi connectivity index (χ3n) is 4.73. The molecule has 25 heavy (non-hydrogen) atoms. The van der Waals surface area contributed by atoms with Gasteiger partial charge >= 0.3 is 0 Å². The van der Waals surface area contributed by atoms with E-state index in [0.29, 0.717) is 0 Å². The lowest BCUT2D eigenvalue weighted by Crippen LogP contribution is -2.18. The first-order valence-electron chi connectivity index (χ1n) is 8.22. The van der Waals surface area contributed by atoms with Crippen LogP contribution >= 0.6 is 83.7 Å². The van der Waals surface area contributed by atoms with Gasteiger partial charge in [-0.1, -0.05) is 30.8 Å². The second-order valence-corrected chi connectivity index (χ2v) is 7.28. The van der Waals surface area contributed by atoms with Gasteiger partial charge in [-0.2, -0.15) is 0 Å². The Morgan fingerprint density at radius 3 is 2.40 bits per heavy atom. The summed E-state index contributed by atoms with van der Waals surface area (Å²) in [6, 6.07) is 11.3. The molecule has 0 bridgehead atoms. The molecule has 2 aromatic carbocycles. The molecule has 6 heteroatoms. The van der Waals surface area contributed by atoms with Crippen LogP contribution in [0.15, 0.2) is 40.1 Å². The number of hydrogen-bond acceptors (Lipinski definition) is 3. The monoisotopic (exact) mass is 694 g/mol. The van der Waals surface area contributed by atoms with Crippen molar-refractivity contribution in [3.05, 3.63) is 41.5 Å². The van der Waals surface area contributed by atoms with Crippen molar-refractivity contribution >= 4 is 101 Å². The van der Waals surface area contributed by atoms with Crippen LogP contribution < -0.4 is 10.2 Å². The molecule has 4 rings (SSSR count). The van der Waals surface area contributed by atoms with E-state index >= 15 is 0 Å². The minimum absolute atomic E-state index is 0. The number of halogens is 3. The molecule has 0 saturated carbocycles. The van der Waals surface area contributed by atoms with Gasteiger partial charge in [0.25, 0.3) is 0 Å². The Bertz CT molecular complexity index is 731. The first-order valence-corrected chi connectivity index (χ1v) is 9.04. The molecular weight excluding hydrogens is 669 g/mol. The van der Waals surface area contributed by atoms with Gasteiger partial charge < -0.3 is 10.2 Å². The van der Waals surface area contributed by atoms with E-state index in [1.165, 1.54) is 63.9 Å². The summed E-state index contributed by atoms with van der Waals surface area (Å²) in [5.41, 5.74) is 6.75. The Hall–Kier alpha value is 0.580. The number of para-hydroxylation sites is 1. The van der Waals surface area contributed by atoms with Gasteiger partial charge in [-0.3, -0.25) is 0 Å². The lowest BCUT2D eigenvalue weighted by Gasteiger charge is -2.27. The molecule has 2 aliphatic heterocycles. The summed E-state index contributed by atoms with van der Waals surface area (Å²) < 4.78 is 0. The van der Waals surface area contributed by atoms with Crippen LogP contribution in [0.3, 0.4) is 0 Å². The summed E-state index contributed by atoms with van der Waals surface area (Å²) in [5, 5.41) is 3.71. The summed E-state index contributed by atoms with van der Waals surface area (Å²) >= 11 is 1.91. The molecule has 0 aromatic heterocycles. The van der Waals surface area contributed by atoms with Crippen molar-refractivity contribution in [1.82, 2.24) is 0 Å². The number of benzene rings is 2. The van der Waals surface area contributed by atoms with Crippen LogP contribution in [0.5, 0.6) is 0 Å². The summed E-state index contributed by atoms with van der Waals surface area (Å²) in [5.74, 6) is 0. The average Bonchev–Trinajstić information content (AvgIpc) is 3.07. The standard InChI is InChI=1S/C19H22N2S.3HI/c1-3-14-11-15(21-9-4-5-10-21)12-17-19(14)20-18-13(2)7-6-8-16(18)22-17;;;/h6-8,11-12,20H,3-5,9-10H2,1-2H3;3*1H. The molecule has 2 aromatic rings. The van der Waals surface area contributed by atoms with Crippen molar-refractivity contribution in [2.75, 3.05) is 23.3 Å². The van der Waals surface area contributed by atoms with Crippen LogP contribution in [0.4, 0.5) is 17.1 Å². The lowest BCUT2D eigenvalue weighted by atomic mass is 10.1. The van der Waals surface area contributed by atoms with Gasteiger partial charge in [-0.05, 0) is 55.5 Å². The minimum atomic E-state index is 0. The number of anilines is 3. The smallest absolute Gasteiger partial charge is 0.0560 e.